The second kappa shape index (κ2) is 8.93. The number of nitrogens with one attached hydrogen (secondary N) is 1. The van der Waals surface area contributed by atoms with Crippen LogP contribution in [0.15, 0.2) is 42.2 Å². The van der Waals surface area contributed by atoms with Crippen LogP contribution >= 0.6 is 11.6 Å². The molecule has 1 aromatic carbocycles. The minimum atomic E-state index is -0.692. The first-order valence-corrected chi connectivity index (χ1v) is 9.58. The first-order valence-electron chi connectivity index (χ1n) is 9.21. The Bertz CT molecular complexity index is 1130. The van der Waals surface area contributed by atoms with Crippen LogP contribution in [0.2, 0.25) is 5.02 Å². The van der Waals surface area contributed by atoms with Crippen LogP contribution in [0, 0.1) is 17.1 Å². The van der Waals surface area contributed by atoms with E-state index in [0.29, 0.717) is 23.5 Å². The molecule has 1 atom stereocenters. The molecule has 2 heterocycles. The first kappa shape index (κ1) is 21.3. The smallest absolute Gasteiger partial charge is 0.272 e. The molecule has 0 radical (unpaired) electrons. The highest BCUT2D eigenvalue weighted by Gasteiger charge is 2.15. The average molecular weight is 427 g/mol. The summed E-state index contributed by atoms with van der Waals surface area (Å²) in [6.07, 6.45) is 5.27. The third kappa shape index (κ3) is 4.93. The van der Waals surface area contributed by atoms with Crippen molar-refractivity contribution in [3.05, 3.63) is 64.3 Å². The van der Waals surface area contributed by atoms with Gasteiger partial charge < -0.3 is 5.32 Å². The van der Waals surface area contributed by atoms with Crippen LogP contribution in [0.5, 0.6) is 0 Å². The molecule has 1 amide bonds. The zero-order valence-corrected chi connectivity index (χ0v) is 17.5. The molecule has 0 aliphatic heterocycles. The van der Waals surface area contributed by atoms with Crippen LogP contribution in [0.25, 0.3) is 17.5 Å². The van der Waals surface area contributed by atoms with Crippen molar-refractivity contribution < 1.29 is 9.18 Å². The van der Waals surface area contributed by atoms with Crippen molar-refractivity contribution in [3.8, 4) is 17.3 Å². The Morgan fingerprint density at radius 3 is 2.77 bits per heavy atom. The number of halogens is 2. The number of hydrogen-bond donors (Lipinski definition) is 1. The highest BCUT2D eigenvalue weighted by Crippen LogP contribution is 2.26. The number of nitriles is 1. The summed E-state index contributed by atoms with van der Waals surface area (Å²) < 4.78 is 17.2. The number of rotatable bonds is 6. The zero-order chi connectivity index (χ0) is 21.8. The summed E-state index contributed by atoms with van der Waals surface area (Å²) in [4.78, 5) is 12.4. The van der Waals surface area contributed by atoms with Crippen LogP contribution in [-0.2, 0) is 6.54 Å². The van der Waals surface area contributed by atoms with Crippen molar-refractivity contribution in [3.63, 3.8) is 0 Å². The van der Waals surface area contributed by atoms with Crippen molar-refractivity contribution in [1.82, 2.24) is 24.9 Å². The van der Waals surface area contributed by atoms with Gasteiger partial charge >= 0.3 is 0 Å². The molecule has 0 spiro atoms. The summed E-state index contributed by atoms with van der Waals surface area (Å²) in [5.74, 6) is -0.973. The highest BCUT2D eigenvalue weighted by atomic mass is 35.5. The van der Waals surface area contributed by atoms with Crippen LogP contribution in [0.1, 0.15) is 36.8 Å². The van der Waals surface area contributed by atoms with Crippen LogP contribution in [0.3, 0.4) is 0 Å². The minimum absolute atomic E-state index is 0.0373. The fraction of sp³-hybridized carbons (Fsp3) is 0.238. The van der Waals surface area contributed by atoms with E-state index in [2.05, 4.69) is 15.5 Å². The molecule has 0 saturated carbocycles. The molecule has 0 aliphatic carbocycles. The molecule has 7 nitrogen and oxygen atoms in total. The van der Waals surface area contributed by atoms with Crippen LogP contribution in [0.4, 0.5) is 4.39 Å². The van der Waals surface area contributed by atoms with E-state index in [-0.39, 0.29) is 22.5 Å². The van der Waals surface area contributed by atoms with E-state index in [1.165, 1.54) is 12.1 Å². The largest absolute Gasteiger partial charge is 0.346 e. The number of allylic oxidation sites excluding steroid dienone is 1. The van der Waals surface area contributed by atoms with E-state index in [9.17, 15) is 9.18 Å². The molecule has 2 aromatic heterocycles. The summed E-state index contributed by atoms with van der Waals surface area (Å²) in [7, 11) is 0. The van der Waals surface area contributed by atoms with Gasteiger partial charge in [0.2, 0.25) is 0 Å². The van der Waals surface area contributed by atoms with Crippen molar-refractivity contribution in [2.75, 3.05) is 0 Å². The van der Waals surface area contributed by atoms with Gasteiger partial charge in [-0.2, -0.15) is 15.5 Å². The van der Waals surface area contributed by atoms with Crippen LogP contribution < -0.4 is 5.32 Å². The monoisotopic (exact) mass is 426 g/mol. The van der Waals surface area contributed by atoms with E-state index in [1.54, 1.807) is 40.0 Å². The summed E-state index contributed by atoms with van der Waals surface area (Å²) >= 11 is 5.97. The maximum atomic E-state index is 14.0. The molecular weight excluding hydrogens is 407 g/mol. The van der Waals surface area contributed by atoms with Gasteiger partial charge in [-0.1, -0.05) is 17.2 Å². The van der Waals surface area contributed by atoms with Gasteiger partial charge in [-0.25, -0.2) is 9.07 Å². The Balaban J connectivity index is 1.66. The number of carbonyl (C=O) groups excluding carboxylic acids is 1. The number of amides is 1. The lowest BCUT2D eigenvalue weighted by molar-refractivity contribution is 0.0930. The molecule has 1 unspecified atom stereocenters. The predicted molar refractivity (Wildman–Crippen MR) is 112 cm³/mol. The van der Waals surface area contributed by atoms with E-state index >= 15 is 0 Å². The topological polar surface area (TPSA) is 88.5 Å². The van der Waals surface area contributed by atoms with Crippen molar-refractivity contribution >= 4 is 23.7 Å². The average Bonchev–Trinajstić information content (AvgIpc) is 3.30. The molecule has 1 N–H and O–H groups in total. The normalized spacial score (nSPS) is 11.6. The lowest BCUT2D eigenvalue weighted by atomic mass is 10.1. The Hall–Kier alpha value is -3.44. The summed E-state index contributed by atoms with van der Waals surface area (Å²) in [6.45, 7) is 6.15. The molecule has 0 saturated heterocycles. The van der Waals surface area contributed by atoms with Gasteiger partial charge in [0.15, 0.2) is 5.69 Å². The highest BCUT2D eigenvalue weighted by molar-refractivity contribution is 6.32. The molecule has 9 heteroatoms. The lowest BCUT2D eigenvalue weighted by Gasteiger charge is -2.13. The molecule has 30 heavy (non-hydrogen) atoms. The maximum Gasteiger partial charge on any atom is 0.272 e. The van der Waals surface area contributed by atoms with Crippen molar-refractivity contribution in [2.24, 2.45) is 0 Å². The molecule has 0 fully saturated rings. The summed E-state index contributed by atoms with van der Waals surface area (Å²) in [5, 5.41) is 20.5. The standard InChI is InChI=1S/C21H20ClFN6O/c1-13(2)11-28-7-5-20(27-28)21(30)25-14(3)12-29-6-4-19(26-29)15-8-17(22)16(10-24)18(23)9-15/h4-9,11,14H,12H2,1-3H3,(H,25,30). The Morgan fingerprint density at radius 1 is 1.33 bits per heavy atom. The lowest BCUT2D eigenvalue weighted by Crippen LogP contribution is -2.36. The molecule has 154 valence electrons. The third-order valence-corrected chi connectivity index (χ3v) is 4.46. The van der Waals surface area contributed by atoms with E-state index in [0.717, 1.165) is 5.57 Å². The first-order chi connectivity index (χ1) is 14.3. The van der Waals surface area contributed by atoms with E-state index in [1.807, 2.05) is 27.0 Å². The third-order valence-electron chi connectivity index (χ3n) is 4.16. The molecule has 3 rings (SSSR count). The minimum Gasteiger partial charge on any atom is -0.346 e. The van der Waals surface area contributed by atoms with E-state index in [4.69, 9.17) is 16.9 Å². The number of nitrogens with zero attached hydrogens (tertiary/aromatic N) is 5. The summed E-state index contributed by atoms with van der Waals surface area (Å²) in [5.41, 5.74) is 2.18. The van der Waals surface area contributed by atoms with E-state index < -0.39 is 5.82 Å². The second-order valence-electron chi connectivity index (χ2n) is 7.11. The van der Waals surface area contributed by atoms with Crippen molar-refractivity contribution in [1.29, 1.82) is 5.26 Å². The van der Waals surface area contributed by atoms with Gasteiger partial charge in [0.05, 0.1) is 17.3 Å². The molecule has 0 bridgehead atoms. The maximum absolute atomic E-state index is 14.0. The van der Waals surface area contributed by atoms with Gasteiger partial charge in [-0.05, 0) is 45.0 Å². The Morgan fingerprint density at radius 2 is 2.10 bits per heavy atom. The van der Waals surface area contributed by atoms with Crippen molar-refractivity contribution in [2.45, 2.75) is 33.4 Å². The molecule has 3 aromatic rings. The van der Waals surface area contributed by atoms with Crippen LogP contribution in [-0.4, -0.2) is 31.5 Å². The number of carbonyl (C=O) groups is 1. The predicted octanol–water partition coefficient (Wildman–Crippen LogP) is 4.11. The van der Waals surface area contributed by atoms with Gasteiger partial charge in [-0.15, -0.1) is 0 Å². The second-order valence-corrected chi connectivity index (χ2v) is 7.52. The van der Waals surface area contributed by atoms with Gasteiger partial charge in [0.25, 0.3) is 5.91 Å². The molecular formula is C21H20ClFN6O. The zero-order valence-electron chi connectivity index (χ0n) is 16.7. The van der Waals surface area contributed by atoms with Gasteiger partial charge in [0.1, 0.15) is 17.4 Å². The van der Waals surface area contributed by atoms with Gasteiger partial charge in [-0.3, -0.25) is 9.48 Å². The fourth-order valence-corrected chi connectivity index (χ4v) is 3.11. The number of benzene rings is 1. The Kier molecular flexibility index (Phi) is 6.33. The fourth-order valence-electron chi connectivity index (χ4n) is 2.86. The quantitative estimate of drug-likeness (QED) is 0.642. The number of aromatic nitrogens is 4. The SMILES string of the molecule is CC(C)=Cn1ccc(C(=O)NC(C)Cn2ccc(-c3cc(F)c(C#N)c(Cl)c3)n2)n1. The number of hydrogen-bond acceptors (Lipinski definition) is 4. The molecule has 0 aliphatic rings. The summed E-state index contributed by atoms with van der Waals surface area (Å²) in [6, 6.07) is 7.61. The Labute approximate surface area is 178 Å². The van der Waals surface area contributed by atoms with Gasteiger partial charge in [0, 0.05) is 30.2 Å².